The second-order valence-corrected chi connectivity index (χ2v) is 3.97. The number of nitrogens with one attached hydrogen (secondary N) is 1. The molecular weight excluding hydrogens is 202 g/mol. The summed E-state index contributed by atoms with van der Waals surface area (Å²) in [5, 5.41) is 12.5. The van der Waals surface area contributed by atoms with Crippen LogP contribution in [0.5, 0.6) is 5.75 Å². The molecule has 0 saturated carbocycles. The first-order valence-electron chi connectivity index (χ1n) is 5.59. The van der Waals surface area contributed by atoms with Crippen LogP contribution in [0.1, 0.15) is 12.0 Å². The number of hydrogen-bond donors (Lipinski definition) is 2. The van der Waals surface area contributed by atoms with E-state index in [1.54, 1.807) is 12.1 Å². The number of aromatic hydroxyl groups is 1. The molecule has 1 heterocycles. The Morgan fingerprint density at radius 2 is 2.00 bits per heavy atom. The molecule has 0 bridgehead atoms. The van der Waals surface area contributed by atoms with Crippen molar-refractivity contribution in [1.82, 2.24) is 5.32 Å². The molecule has 0 aliphatic carbocycles. The van der Waals surface area contributed by atoms with Crippen LogP contribution in [0.25, 0.3) is 0 Å². The highest BCUT2D eigenvalue weighted by Crippen LogP contribution is 2.09. The third-order valence-corrected chi connectivity index (χ3v) is 2.60. The van der Waals surface area contributed by atoms with Crippen LogP contribution in [0.4, 0.5) is 0 Å². The predicted molar refractivity (Wildman–Crippen MR) is 63.3 cm³/mol. The Labute approximate surface area is 95.7 Å². The highest BCUT2D eigenvalue weighted by Gasteiger charge is 2.02. The van der Waals surface area contributed by atoms with Crippen molar-refractivity contribution in [2.45, 2.75) is 13.0 Å². The molecule has 0 spiro atoms. The molecule has 1 aliphatic heterocycles. The van der Waals surface area contributed by atoms with E-state index in [-0.39, 0.29) is 0 Å². The summed E-state index contributed by atoms with van der Waals surface area (Å²) >= 11 is 0. The van der Waals surface area contributed by atoms with Gasteiger partial charge in [0, 0.05) is 13.1 Å². The minimum Gasteiger partial charge on any atom is -0.508 e. The molecule has 0 aromatic heterocycles. The smallest absolute Gasteiger partial charge is 0.115 e. The summed E-state index contributed by atoms with van der Waals surface area (Å²) in [5.41, 5.74) is 2.50. The molecule has 1 aromatic carbocycles. The Kier molecular flexibility index (Phi) is 3.97. The van der Waals surface area contributed by atoms with E-state index in [9.17, 15) is 0 Å². The van der Waals surface area contributed by atoms with Gasteiger partial charge >= 0.3 is 0 Å². The summed E-state index contributed by atoms with van der Waals surface area (Å²) < 4.78 is 5.36. The van der Waals surface area contributed by atoms with E-state index in [2.05, 4.69) is 11.4 Å². The molecule has 0 unspecified atom stereocenters. The molecular formula is C13H17NO2. The van der Waals surface area contributed by atoms with E-state index in [0.29, 0.717) is 5.75 Å². The molecule has 3 heteroatoms. The number of phenols is 1. The van der Waals surface area contributed by atoms with Gasteiger partial charge in [-0.15, -0.1) is 0 Å². The monoisotopic (exact) mass is 219 g/mol. The van der Waals surface area contributed by atoms with Gasteiger partial charge in [0.15, 0.2) is 0 Å². The second-order valence-electron chi connectivity index (χ2n) is 3.97. The summed E-state index contributed by atoms with van der Waals surface area (Å²) in [6.45, 7) is 3.29. The van der Waals surface area contributed by atoms with Crippen LogP contribution in [-0.4, -0.2) is 24.9 Å². The first kappa shape index (κ1) is 11.2. The van der Waals surface area contributed by atoms with Gasteiger partial charge in [-0.05, 0) is 29.7 Å². The van der Waals surface area contributed by atoms with Crippen LogP contribution in [-0.2, 0) is 11.3 Å². The van der Waals surface area contributed by atoms with Crippen LogP contribution in [0.2, 0.25) is 0 Å². The summed E-state index contributed by atoms with van der Waals surface area (Å²) in [5.74, 6) is 0.312. The maximum absolute atomic E-state index is 9.14. The molecule has 86 valence electrons. The molecule has 0 fully saturated rings. The summed E-state index contributed by atoms with van der Waals surface area (Å²) in [6, 6.07) is 7.27. The van der Waals surface area contributed by atoms with E-state index in [1.807, 2.05) is 12.1 Å². The molecule has 1 aromatic rings. The Bertz CT molecular complexity index is 357. The van der Waals surface area contributed by atoms with Gasteiger partial charge in [0.05, 0.1) is 13.2 Å². The van der Waals surface area contributed by atoms with Crippen LogP contribution < -0.4 is 5.32 Å². The fourth-order valence-corrected chi connectivity index (χ4v) is 1.71. The first-order chi connectivity index (χ1) is 7.84. The van der Waals surface area contributed by atoms with Gasteiger partial charge in [-0.3, -0.25) is 0 Å². The summed E-state index contributed by atoms with van der Waals surface area (Å²) in [6.07, 6.45) is 3.27. The van der Waals surface area contributed by atoms with Crippen molar-refractivity contribution in [3.63, 3.8) is 0 Å². The lowest BCUT2D eigenvalue weighted by atomic mass is 10.2. The van der Waals surface area contributed by atoms with Gasteiger partial charge in [-0.2, -0.15) is 0 Å². The van der Waals surface area contributed by atoms with Gasteiger partial charge in [-0.25, -0.2) is 0 Å². The zero-order valence-corrected chi connectivity index (χ0v) is 9.28. The average molecular weight is 219 g/mol. The molecule has 0 saturated heterocycles. The molecule has 16 heavy (non-hydrogen) atoms. The predicted octanol–water partition coefficient (Wildman–Crippen LogP) is 1.83. The lowest BCUT2D eigenvalue weighted by Crippen LogP contribution is -2.20. The van der Waals surface area contributed by atoms with Gasteiger partial charge in [0.2, 0.25) is 0 Å². The minimum absolute atomic E-state index is 0.312. The standard InChI is InChI=1S/C13H17NO2/c15-13-5-3-11(4-6-13)8-14-9-12-2-1-7-16-10-12/h2-6,14-15H,1,7-10H2. The minimum atomic E-state index is 0.312. The van der Waals surface area contributed by atoms with Crippen molar-refractivity contribution in [1.29, 1.82) is 0 Å². The van der Waals surface area contributed by atoms with Crippen LogP contribution in [0.15, 0.2) is 35.9 Å². The van der Waals surface area contributed by atoms with Gasteiger partial charge in [0.1, 0.15) is 5.75 Å². The molecule has 0 amide bonds. The first-order valence-corrected chi connectivity index (χ1v) is 5.59. The molecule has 0 atom stereocenters. The summed E-state index contributed by atoms with van der Waals surface area (Å²) in [4.78, 5) is 0. The fourth-order valence-electron chi connectivity index (χ4n) is 1.71. The third-order valence-electron chi connectivity index (χ3n) is 2.60. The van der Waals surface area contributed by atoms with Crippen LogP contribution in [0, 0.1) is 0 Å². The Hall–Kier alpha value is -1.32. The maximum Gasteiger partial charge on any atom is 0.115 e. The Morgan fingerprint density at radius 3 is 2.69 bits per heavy atom. The topological polar surface area (TPSA) is 41.5 Å². The largest absolute Gasteiger partial charge is 0.508 e. The Balaban J connectivity index is 1.75. The molecule has 2 rings (SSSR count). The number of benzene rings is 1. The highest BCUT2D eigenvalue weighted by molar-refractivity contribution is 5.25. The van der Waals surface area contributed by atoms with Crippen molar-refractivity contribution < 1.29 is 9.84 Å². The number of phenolic OH excluding ortho intramolecular Hbond substituents is 1. The molecule has 0 radical (unpaired) electrons. The maximum atomic E-state index is 9.14. The van der Waals surface area contributed by atoms with Crippen molar-refractivity contribution in [2.24, 2.45) is 0 Å². The van der Waals surface area contributed by atoms with Gasteiger partial charge < -0.3 is 15.2 Å². The fraction of sp³-hybridized carbons (Fsp3) is 0.385. The van der Waals surface area contributed by atoms with E-state index < -0.39 is 0 Å². The lowest BCUT2D eigenvalue weighted by molar-refractivity contribution is 0.149. The van der Waals surface area contributed by atoms with Gasteiger partial charge in [0.25, 0.3) is 0 Å². The highest BCUT2D eigenvalue weighted by atomic mass is 16.5. The van der Waals surface area contributed by atoms with E-state index >= 15 is 0 Å². The van der Waals surface area contributed by atoms with E-state index in [0.717, 1.165) is 32.7 Å². The zero-order chi connectivity index (χ0) is 11.2. The molecule has 3 nitrogen and oxygen atoms in total. The third kappa shape index (κ3) is 3.36. The van der Waals surface area contributed by atoms with E-state index in [1.165, 1.54) is 11.1 Å². The normalized spacial score (nSPS) is 15.9. The van der Waals surface area contributed by atoms with Crippen LogP contribution in [0.3, 0.4) is 0 Å². The molecule has 1 aliphatic rings. The SMILES string of the molecule is Oc1ccc(CNCC2=CCCOC2)cc1. The van der Waals surface area contributed by atoms with Crippen molar-refractivity contribution in [2.75, 3.05) is 19.8 Å². The van der Waals surface area contributed by atoms with E-state index in [4.69, 9.17) is 9.84 Å². The van der Waals surface area contributed by atoms with Crippen molar-refractivity contribution >= 4 is 0 Å². The average Bonchev–Trinajstić information content (AvgIpc) is 2.33. The number of rotatable bonds is 4. The lowest BCUT2D eigenvalue weighted by Gasteiger charge is -2.14. The van der Waals surface area contributed by atoms with Crippen molar-refractivity contribution in [3.05, 3.63) is 41.5 Å². The summed E-state index contributed by atoms with van der Waals surface area (Å²) in [7, 11) is 0. The second kappa shape index (κ2) is 5.68. The van der Waals surface area contributed by atoms with Gasteiger partial charge in [-0.1, -0.05) is 18.2 Å². The molecule has 2 N–H and O–H groups in total. The van der Waals surface area contributed by atoms with Crippen molar-refractivity contribution in [3.8, 4) is 5.75 Å². The Morgan fingerprint density at radius 1 is 1.19 bits per heavy atom. The van der Waals surface area contributed by atoms with Crippen LogP contribution >= 0.6 is 0 Å². The quantitative estimate of drug-likeness (QED) is 0.759. The zero-order valence-electron chi connectivity index (χ0n) is 9.28. The number of hydrogen-bond acceptors (Lipinski definition) is 3. The number of ether oxygens (including phenoxy) is 1.